The van der Waals surface area contributed by atoms with Gasteiger partial charge in [-0.15, -0.1) is 0 Å². The minimum atomic E-state index is -1.35. The van der Waals surface area contributed by atoms with Crippen LogP contribution in [-0.2, 0) is 4.79 Å². The maximum Gasteiger partial charge on any atom is 0.216 e. The van der Waals surface area contributed by atoms with Crippen molar-refractivity contribution in [3.8, 4) is 0 Å². The summed E-state index contributed by atoms with van der Waals surface area (Å²) in [6, 6.07) is 1.02. The van der Waals surface area contributed by atoms with Gasteiger partial charge in [-0.05, 0) is 12.5 Å². The van der Waals surface area contributed by atoms with E-state index in [0.717, 1.165) is 12.3 Å². The van der Waals surface area contributed by atoms with Crippen LogP contribution in [0.2, 0.25) is 0 Å². The lowest BCUT2D eigenvalue weighted by molar-refractivity contribution is -0.119. The predicted molar refractivity (Wildman–Crippen MR) is 62.9 cm³/mol. The van der Waals surface area contributed by atoms with E-state index < -0.39 is 18.0 Å². The van der Waals surface area contributed by atoms with Crippen LogP contribution in [0.15, 0.2) is 12.3 Å². The third-order valence-corrected chi connectivity index (χ3v) is 2.41. The highest BCUT2D eigenvalue weighted by Gasteiger charge is 2.21. The number of anilines is 1. The molecule has 1 aromatic heterocycles. The fourth-order valence-corrected chi connectivity index (χ4v) is 1.46. The first-order valence-electron chi connectivity index (χ1n) is 5.43. The normalized spacial score (nSPS) is 14.0. The van der Waals surface area contributed by atoms with Crippen molar-refractivity contribution in [2.45, 2.75) is 25.6 Å². The maximum atomic E-state index is 13.0. The monoisotopic (exact) mass is 257 g/mol. The van der Waals surface area contributed by atoms with Crippen molar-refractivity contribution in [2.24, 2.45) is 0 Å². The average Bonchev–Trinajstić information content (AvgIpc) is 2.30. The van der Waals surface area contributed by atoms with Crippen LogP contribution in [0.4, 0.5) is 10.2 Å². The molecule has 0 radical (unpaired) electrons. The highest BCUT2D eigenvalue weighted by atomic mass is 19.1. The molecular formula is C11H16FN3O3. The number of aliphatic hydroxyl groups excluding tert-OH is 2. The first kappa shape index (κ1) is 14.3. The molecule has 2 atom stereocenters. The number of amides is 1. The number of hydrogen-bond acceptors (Lipinski definition) is 5. The molecule has 0 aliphatic carbocycles. The molecule has 0 bridgehead atoms. The van der Waals surface area contributed by atoms with Crippen LogP contribution in [0, 0.1) is 5.82 Å². The van der Waals surface area contributed by atoms with Crippen LogP contribution >= 0.6 is 0 Å². The van der Waals surface area contributed by atoms with Crippen LogP contribution in [0.25, 0.3) is 0 Å². The Morgan fingerprint density at radius 2 is 2.28 bits per heavy atom. The molecule has 0 aliphatic rings. The minimum absolute atomic E-state index is 0.0327. The molecule has 1 amide bonds. The SMILES string of the molecule is CC(=O)NCCC(O)C(O)c1cc(F)cnc1N. The van der Waals surface area contributed by atoms with Crippen molar-refractivity contribution < 1.29 is 19.4 Å². The molecule has 0 saturated heterocycles. The van der Waals surface area contributed by atoms with Crippen molar-refractivity contribution in [1.82, 2.24) is 10.3 Å². The van der Waals surface area contributed by atoms with Gasteiger partial charge in [0.15, 0.2) is 0 Å². The number of nitrogens with two attached hydrogens (primary N) is 1. The van der Waals surface area contributed by atoms with E-state index in [2.05, 4.69) is 10.3 Å². The summed E-state index contributed by atoms with van der Waals surface area (Å²) in [5.41, 5.74) is 5.52. The molecule has 1 rings (SSSR count). The average molecular weight is 257 g/mol. The lowest BCUT2D eigenvalue weighted by Gasteiger charge is -2.19. The Balaban J connectivity index is 2.64. The van der Waals surface area contributed by atoms with Crippen molar-refractivity contribution in [3.63, 3.8) is 0 Å². The highest BCUT2D eigenvalue weighted by molar-refractivity contribution is 5.72. The van der Waals surface area contributed by atoms with Crippen LogP contribution < -0.4 is 11.1 Å². The van der Waals surface area contributed by atoms with E-state index in [1.165, 1.54) is 6.92 Å². The van der Waals surface area contributed by atoms with Gasteiger partial charge >= 0.3 is 0 Å². The van der Waals surface area contributed by atoms with Gasteiger partial charge in [-0.25, -0.2) is 9.37 Å². The molecule has 0 fully saturated rings. The number of aromatic nitrogens is 1. The fourth-order valence-electron chi connectivity index (χ4n) is 1.46. The van der Waals surface area contributed by atoms with E-state index in [1.54, 1.807) is 0 Å². The summed E-state index contributed by atoms with van der Waals surface area (Å²) in [5.74, 6) is -0.918. The summed E-state index contributed by atoms with van der Waals surface area (Å²) in [7, 11) is 0. The summed E-state index contributed by atoms with van der Waals surface area (Å²) >= 11 is 0. The largest absolute Gasteiger partial charge is 0.390 e. The summed E-state index contributed by atoms with van der Waals surface area (Å²) in [6.45, 7) is 1.55. The Morgan fingerprint density at radius 3 is 2.89 bits per heavy atom. The van der Waals surface area contributed by atoms with Crippen LogP contribution in [0.3, 0.4) is 0 Å². The first-order chi connectivity index (χ1) is 8.41. The third kappa shape index (κ3) is 3.94. The lowest BCUT2D eigenvalue weighted by Crippen LogP contribution is -2.28. The van der Waals surface area contributed by atoms with E-state index in [9.17, 15) is 19.4 Å². The number of rotatable bonds is 5. The highest BCUT2D eigenvalue weighted by Crippen LogP contribution is 2.23. The summed E-state index contributed by atoms with van der Waals surface area (Å²) < 4.78 is 13.0. The van der Waals surface area contributed by atoms with Gasteiger partial charge in [-0.2, -0.15) is 0 Å². The Morgan fingerprint density at radius 1 is 1.61 bits per heavy atom. The van der Waals surface area contributed by atoms with Gasteiger partial charge in [0.2, 0.25) is 5.91 Å². The Hall–Kier alpha value is -1.73. The number of nitrogen functional groups attached to an aromatic ring is 1. The Bertz CT molecular complexity index is 428. The predicted octanol–water partition coefficient (Wildman–Crippen LogP) is -0.277. The van der Waals surface area contributed by atoms with E-state index >= 15 is 0 Å². The zero-order chi connectivity index (χ0) is 13.7. The number of carbonyl (C=O) groups excluding carboxylic acids is 1. The smallest absolute Gasteiger partial charge is 0.216 e. The van der Waals surface area contributed by atoms with E-state index in [1.807, 2.05) is 0 Å². The molecule has 5 N–H and O–H groups in total. The second kappa shape index (κ2) is 6.27. The molecular weight excluding hydrogens is 241 g/mol. The second-order valence-corrected chi connectivity index (χ2v) is 3.91. The topological polar surface area (TPSA) is 108 Å². The number of halogens is 1. The van der Waals surface area contributed by atoms with Crippen molar-refractivity contribution >= 4 is 11.7 Å². The number of nitrogens with one attached hydrogen (secondary N) is 1. The molecule has 6 nitrogen and oxygen atoms in total. The third-order valence-electron chi connectivity index (χ3n) is 2.41. The zero-order valence-corrected chi connectivity index (χ0v) is 9.93. The van der Waals surface area contributed by atoms with Gasteiger partial charge in [0.05, 0.1) is 12.3 Å². The summed E-state index contributed by atoms with van der Waals surface area (Å²) in [6.07, 6.45) is -1.46. The van der Waals surface area contributed by atoms with Crippen LogP contribution in [-0.4, -0.2) is 33.8 Å². The fraction of sp³-hybridized carbons (Fsp3) is 0.455. The molecule has 1 aromatic rings. The molecule has 1 heterocycles. The number of carbonyl (C=O) groups is 1. The standard InChI is InChI=1S/C11H16FN3O3/c1-6(16)14-3-2-9(17)10(18)8-4-7(12)5-15-11(8)13/h4-5,9-10,17-18H,2-3H2,1H3,(H2,13,15)(H,14,16). The number of nitrogens with zero attached hydrogens (tertiary/aromatic N) is 1. The number of hydrogen-bond donors (Lipinski definition) is 4. The van der Waals surface area contributed by atoms with Gasteiger partial charge in [-0.3, -0.25) is 4.79 Å². The minimum Gasteiger partial charge on any atom is -0.390 e. The quantitative estimate of drug-likeness (QED) is 0.580. The van der Waals surface area contributed by atoms with E-state index in [0.29, 0.717) is 0 Å². The molecule has 0 saturated carbocycles. The van der Waals surface area contributed by atoms with Gasteiger partial charge < -0.3 is 21.3 Å². The number of aliphatic hydroxyl groups is 2. The second-order valence-electron chi connectivity index (χ2n) is 3.91. The van der Waals surface area contributed by atoms with E-state index in [4.69, 9.17) is 5.73 Å². The van der Waals surface area contributed by atoms with Crippen molar-refractivity contribution in [3.05, 3.63) is 23.6 Å². The van der Waals surface area contributed by atoms with Gasteiger partial charge in [0.25, 0.3) is 0 Å². The summed E-state index contributed by atoms with van der Waals surface area (Å²) in [5, 5.41) is 22.0. The van der Waals surface area contributed by atoms with Crippen molar-refractivity contribution in [2.75, 3.05) is 12.3 Å². The van der Waals surface area contributed by atoms with Gasteiger partial charge in [0.1, 0.15) is 17.7 Å². The van der Waals surface area contributed by atoms with Gasteiger partial charge in [0, 0.05) is 19.0 Å². The molecule has 18 heavy (non-hydrogen) atoms. The lowest BCUT2D eigenvalue weighted by atomic mass is 10.0. The van der Waals surface area contributed by atoms with Crippen LogP contribution in [0.5, 0.6) is 0 Å². The zero-order valence-electron chi connectivity index (χ0n) is 9.93. The van der Waals surface area contributed by atoms with Crippen LogP contribution in [0.1, 0.15) is 25.0 Å². The molecule has 7 heteroatoms. The molecule has 0 aromatic carbocycles. The van der Waals surface area contributed by atoms with Gasteiger partial charge in [-0.1, -0.05) is 0 Å². The maximum absolute atomic E-state index is 13.0. The molecule has 100 valence electrons. The molecule has 2 unspecified atom stereocenters. The van der Waals surface area contributed by atoms with E-state index in [-0.39, 0.29) is 30.3 Å². The Kier molecular flexibility index (Phi) is 4.99. The Labute approximate surface area is 104 Å². The van der Waals surface area contributed by atoms with Crippen molar-refractivity contribution in [1.29, 1.82) is 0 Å². The first-order valence-corrected chi connectivity index (χ1v) is 5.43. The molecule has 0 spiro atoms. The summed E-state index contributed by atoms with van der Waals surface area (Å²) in [4.78, 5) is 14.2. The molecule has 0 aliphatic heterocycles. The number of pyridine rings is 1.